The Morgan fingerprint density at radius 2 is 1.76 bits per heavy atom. The van der Waals surface area contributed by atoms with E-state index in [9.17, 15) is 9.59 Å². The molecule has 2 amide bonds. The van der Waals surface area contributed by atoms with Crippen LogP contribution < -0.4 is 9.80 Å². The molecule has 3 aromatic rings. The summed E-state index contributed by atoms with van der Waals surface area (Å²) in [5.74, 6) is -0.222. The summed E-state index contributed by atoms with van der Waals surface area (Å²) in [5, 5.41) is 1.15. The highest BCUT2D eigenvalue weighted by atomic mass is 35.5. The Morgan fingerprint density at radius 1 is 1.06 bits per heavy atom. The first-order valence-electron chi connectivity index (χ1n) is 10.9. The summed E-state index contributed by atoms with van der Waals surface area (Å²) in [6.45, 7) is 5.57. The van der Waals surface area contributed by atoms with Gasteiger partial charge in [0, 0.05) is 51.8 Å². The minimum atomic E-state index is -0.281. The number of halogens is 2. The lowest BCUT2D eigenvalue weighted by Crippen LogP contribution is -2.47. The molecule has 0 N–H and O–H groups in total. The normalized spacial score (nSPS) is 17.4. The number of carbonyl (C=O) groups excluding carboxylic acids is 2. The third kappa shape index (κ3) is 4.61. The molecule has 0 spiro atoms. The Hall–Kier alpha value is -2.89. The number of pyridine rings is 1. The van der Waals surface area contributed by atoms with Crippen LogP contribution in [-0.4, -0.2) is 22.8 Å². The van der Waals surface area contributed by atoms with Gasteiger partial charge in [0.15, 0.2) is 0 Å². The highest BCUT2D eigenvalue weighted by Gasteiger charge is 2.38. The van der Waals surface area contributed by atoms with Crippen molar-refractivity contribution in [1.82, 2.24) is 4.98 Å². The van der Waals surface area contributed by atoms with E-state index in [0.29, 0.717) is 22.0 Å². The lowest BCUT2D eigenvalue weighted by molar-refractivity contribution is -0.117. The van der Waals surface area contributed by atoms with E-state index in [1.54, 1.807) is 41.1 Å². The van der Waals surface area contributed by atoms with Gasteiger partial charge in [0.25, 0.3) is 5.91 Å². The summed E-state index contributed by atoms with van der Waals surface area (Å²) in [6, 6.07) is 15.9. The zero-order valence-corrected chi connectivity index (χ0v) is 20.3. The van der Waals surface area contributed by atoms with E-state index in [0.717, 1.165) is 29.1 Å². The van der Waals surface area contributed by atoms with E-state index in [4.69, 9.17) is 23.2 Å². The zero-order valence-electron chi connectivity index (χ0n) is 18.8. The molecule has 170 valence electrons. The number of benzene rings is 2. The van der Waals surface area contributed by atoms with E-state index >= 15 is 0 Å². The van der Waals surface area contributed by atoms with Gasteiger partial charge in [-0.1, -0.05) is 30.1 Å². The van der Waals surface area contributed by atoms with Crippen molar-refractivity contribution in [1.29, 1.82) is 0 Å². The van der Waals surface area contributed by atoms with E-state index in [1.807, 2.05) is 50.2 Å². The van der Waals surface area contributed by atoms with Gasteiger partial charge in [0.2, 0.25) is 5.91 Å². The summed E-state index contributed by atoms with van der Waals surface area (Å²) < 4.78 is 0. The van der Waals surface area contributed by atoms with Crippen LogP contribution in [0.25, 0.3) is 0 Å². The standard InChI is InChI=1S/C26H25Cl2N3O2/c1-4-21-9-5-18(15-29-21)26(33)30-16(2)13-25(23-14-20(28)8-12-24(23)30)31(17(3)32)22-10-6-19(27)7-11-22/h5-12,14-16,25H,4,13H2,1-3H3. The molecule has 0 bridgehead atoms. The Kier molecular flexibility index (Phi) is 6.73. The van der Waals surface area contributed by atoms with Crippen molar-refractivity contribution < 1.29 is 9.59 Å². The quantitative estimate of drug-likeness (QED) is 0.428. The number of nitrogens with zero attached hydrogens (tertiary/aromatic N) is 3. The number of anilines is 2. The Morgan fingerprint density at radius 3 is 2.36 bits per heavy atom. The van der Waals surface area contributed by atoms with Crippen LogP contribution in [0.3, 0.4) is 0 Å². The fourth-order valence-electron chi connectivity index (χ4n) is 4.44. The van der Waals surface area contributed by atoms with Crippen molar-refractivity contribution in [2.45, 2.75) is 45.7 Å². The van der Waals surface area contributed by atoms with Gasteiger partial charge in [-0.05, 0) is 74.4 Å². The van der Waals surface area contributed by atoms with Crippen LogP contribution in [0.2, 0.25) is 10.0 Å². The SMILES string of the molecule is CCc1ccc(C(=O)N2c3ccc(Cl)cc3C(N(C(C)=O)c3ccc(Cl)cc3)CC2C)cn1. The van der Waals surface area contributed by atoms with Gasteiger partial charge in [-0.15, -0.1) is 0 Å². The molecule has 0 radical (unpaired) electrons. The minimum Gasteiger partial charge on any atom is -0.305 e. The average Bonchev–Trinajstić information content (AvgIpc) is 2.80. The number of hydrogen-bond acceptors (Lipinski definition) is 3. The Balaban J connectivity index is 1.78. The van der Waals surface area contributed by atoms with Crippen LogP contribution in [-0.2, 0) is 11.2 Å². The van der Waals surface area contributed by atoms with E-state index in [1.165, 1.54) is 0 Å². The molecule has 2 atom stereocenters. The van der Waals surface area contributed by atoms with Gasteiger partial charge >= 0.3 is 0 Å². The van der Waals surface area contributed by atoms with Crippen molar-refractivity contribution >= 4 is 46.4 Å². The van der Waals surface area contributed by atoms with Gasteiger partial charge in [-0.25, -0.2) is 0 Å². The van der Waals surface area contributed by atoms with E-state index in [-0.39, 0.29) is 23.9 Å². The molecule has 33 heavy (non-hydrogen) atoms. The Bertz CT molecular complexity index is 1180. The molecule has 5 nitrogen and oxygen atoms in total. The number of carbonyl (C=O) groups is 2. The second-order valence-corrected chi connectivity index (χ2v) is 9.11. The molecule has 0 saturated carbocycles. The first-order valence-corrected chi connectivity index (χ1v) is 11.7. The van der Waals surface area contributed by atoms with Gasteiger partial charge < -0.3 is 9.80 Å². The van der Waals surface area contributed by atoms with Gasteiger partial charge in [0.1, 0.15) is 0 Å². The number of rotatable bonds is 4. The van der Waals surface area contributed by atoms with E-state index in [2.05, 4.69) is 4.98 Å². The molecular weight excluding hydrogens is 457 g/mol. The molecule has 2 unspecified atom stereocenters. The summed E-state index contributed by atoms with van der Waals surface area (Å²) in [4.78, 5) is 34.3. The van der Waals surface area contributed by atoms with E-state index < -0.39 is 0 Å². The maximum Gasteiger partial charge on any atom is 0.260 e. The van der Waals surface area contributed by atoms with Crippen molar-refractivity contribution in [2.24, 2.45) is 0 Å². The third-order valence-electron chi connectivity index (χ3n) is 6.02. The number of fused-ring (bicyclic) bond motifs is 1. The smallest absolute Gasteiger partial charge is 0.260 e. The van der Waals surface area contributed by atoms with Gasteiger partial charge in [0.05, 0.1) is 11.6 Å². The zero-order chi connectivity index (χ0) is 23.7. The predicted molar refractivity (Wildman–Crippen MR) is 133 cm³/mol. The molecule has 2 aromatic carbocycles. The van der Waals surface area contributed by atoms with Crippen molar-refractivity contribution in [3.8, 4) is 0 Å². The highest BCUT2D eigenvalue weighted by Crippen LogP contribution is 2.44. The lowest BCUT2D eigenvalue weighted by Gasteiger charge is -2.43. The largest absolute Gasteiger partial charge is 0.305 e. The highest BCUT2D eigenvalue weighted by molar-refractivity contribution is 6.31. The molecule has 7 heteroatoms. The summed E-state index contributed by atoms with van der Waals surface area (Å²) in [7, 11) is 0. The van der Waals surface area contributed by atoms with Crippen LogP contribution in [0.1, 0.15) is 54.8 Å². The molecule has 0 saturated heterocycles. The van der Waals surface area contributed by atoms with Gasteiger partial charge in [-0.2, -0.15) is 0 Å². The first-order chi connectivity index (χ1) is 15.8. The molecule has 1 aliphatic heterocycles. The molecule has 0 fully saturated rings. The maximum absolute atomic E-state index is 13.5. The van der Waals surface area contributed by atoms with Crippen LogP contribution >= 0.6 is 23.2 Å². The summed E-state index contributed by atoms with van der Waals surface area (Å²) >= 11 is 12.4. The van der Waals surface area contributed by atoms with Crippen LogP contribution in [0.4, 0.5) is 11.4 Å². The number of amides is 2. The fraction of sp³-hybridized carbons (Fsp3) is 0.269. The molecule has 1 aliphatic rings. The van der Waals surface area contributed by atoms with Crippen molar-refractivity contribution in [2.75, 3.05) is 9.80 Å². The van der Waals surface area contributed by atoms with Crippen LogP contribution in [0.15, 0.2) is 60.8 Å². The second kappa shape index (κ2) is 9.54. The molecule has 1 aromatic heterocycles. The number of hydrogen-bond donors (Lipinski definition) is 0. The third-order valence-corrected chi connectivity index (χ3v) is 6.51. The Labute approximate surface area is 203 Å². The number of aromatic nitrogens is 1. The second-order valence-electron chi connectivity index (χ2n) is 8.24. The molecule has 0 aliphatic carbocycles. The maximum atomic E-state index is 13.5. The topological polar surface area (TPSA) is 53.5 Å². The molecular formula is C26H25Cl2N3O2. The number of aryl methyl sites for hydroxylation is 1. The summed E-state index contributed by atoms with van der Waals surface area (Å²) in [5.41, 5.74) is 3.78. The van der Waals surface area contributed by atoms with Crippen LogP contribution in [0.5, 0.6) is 0 Å². The van der Waals surface area contributed by atoms with Crippen molar-refractivity contribution in [3.63, 3.8) is 0 Å². The lowest BCUT2D eigenvalue weighted by atomic mass is 9.89. The fourth-order valence-corrected chi connectivity index (χ4v) is 4.75. The monoisotopic (exact) mass is 481 g/mol. The van der Waals surface area contributed by atoms with Gasteiger partial charge in [-0.3, -0.25) is 14.6 Å². The predicted octanol–water partition coefficient (Wildman–Crippen LogP) is 6.48. The minimum absolute atomic E-state index is 0.0976. The molecule has 2 heterocycles. The van der Waals surface area contributed by atoms with Crippen molar-refractivity contribution in [3.05, 3.63) is 87.7 Å². The molecule has 4 rings (SSSR count). The van der Waals surface area contributed by atoms with Crippen LogP contribution in [0, 0.1) is 0 Å². The average molecular weight is 482 g/mol. The summed E-state index contributed by atoms with van der Waals surface area (Å²) in [6.07, 6.45) is 3.00. The first kappa shape index (κ1) is 23.3.